The van der Waals surface area contributed by atoms with Gasteiger partial charge in [0.2, 0.25) is 0 Å². The Morgan fingerprint density at radius 1 is 0.878 bits per heavy atom. The van der Waals surface area contributed by atoms with Crippen molar-refractivity contribution in [1.29, 1.82) is 0 Å². The number of halogens is 6. The number of benzene rings is 3. The molecule has 0 spiro atoms. The summed E-state index contributed by atoms with van der Waals surface area (Å²) >= 11 is 0. The van der Waals surface area contributed by atoms with E-state index in [2.05, 4.69) is 0 Å². The van der Waals surface area contributed by atoms with Gasteiger partial charge in [-0.2, -0.15) is 22.0 Å². The lowest BCUT2D eigenvalue weighted by Gasteiger charge is -2.23. The number of ether oxygens (including phenoxy) is 2. The lowest BCUT2D eigenvalue weighted by Crippen LogP contribution is -2.51. The third kappa shape index (κ3) is 7.52. The first-order valence-corrected chi connectivity index (χ1v) is 14.2. The van der Waals surface area contributed by atoms with E-state index in [0.29, 0.717) is 9.79 Å². The number of alkyl halides is 6. The first kappa shape index (κ1) is 32.2. The van der Waals surface area contributed by atoms with E-state index < -0.39 is 63.2 Å². The smallest absolute Gasteiger partial charge is 0.427 e. The van der Waals surface area contributed by atoms with Gasteiger partial charge in [0.05, 0.1) is 17.5 Å². The molecule has 0 aliphatic rings. The Kier molecular flexibility index (Phi) is 9.68. The third-order valence-electron chi connectivity index (χ3n) is 5.60. The fourth-order valence-corrected chi connectivity index (χ4v) is 5.70. The number of carbonyl (C=O) groups is 1. The van der Waals surface area contributed by atoms with Gasteiger partial charge in [-0.15, -0.1) is 0 Å². The SMILES string of the molecule is CC(O)(C(=O)Oc1ccc([S+](c2ccccc2)c2ccc(OCCC(F)C(F)(F)S(=O)(=O)[O-])cc2)cc1)C(F)(F)F. The monoisotopic (exact) mass is 624 g/mol. The number of hydrogen-bond acceptors (Lipinski definition) is 7. The molecule has 0 saturated heterocycles. The standard InChI is InChI=1S/C26H22F6O7S2/c1-24(34,26(30,31)32)23(33)39-18-9-13-21(14-10-18)40(19-5-3-2-4-6-19)20-11-7-17(8-12-20)38-16-15-22(27)25(28,29)41(35,36)37/h2-14,22,34H,15-16H2,1H3. The van der Waals surface area contributed by atoms with E-state index in [9.17, 15) is 49.2 Å². The molecule has 1 N–H and O–H groups in total. The highest BCUT2D eigenvalue weighted by molar-refractivity contribution is 7.97. The first-order valence-electron chi connectivity index (χ1n) is 11.6. The highest BCUT2D eigenvalue weighted by Gasteiger charge is 2.57. The number of rotatable bonds is 11. The molecule has 7 nitrogen and oxygen atoms in total. The van der Waals surface area contributed by atoms with Crippen LogP contribution in [0, 0.1) is 0 Å². The first-order chi connectivity index (χ1) is 18.9. The molecular weight excluding hydrogens is 602 g/mol. The van der Waals surface area contributed by atoms with Crippen molar-refractivity contribution in [3.8, 4) is 11.5 Å². The molecule has 0 bridgehead atoms. The molecule has 0 fully saturated rings. The third-order valence-corrected chi connectivity index (χ3v) is 8.75. The molecule has 3 unspecified atom stereocenters. The van der Waals surface area contributed by atoms with Gasteiger partial charge in [-0.05, 0) is 67.6 Å². The van der Waals surface area contributed by atoms with Crippen LogP contribution in [-0.2, 0) is 25.8 Å². The van der Waals surface area contributed by atoms with E-state index in [1.807, 2.05) is 12.1 Å². The van der Waals surface area contributed by atoms with Gasteiger partial charge in [0.1, 0.15) is 11.5 Å². The molecule has 41 heavy (non-hydrogen) atoms. The summed E-state index contributed by atoms with van der Waals surface area (Å²) in [5, 5.41) is 4.41. The number of hydrogen-bond donors (Lipinski definition) is 1. The van der Waals surface area contributed by atoms with E-state index in [-0.39, 0.29) is 18.4 Å². The summed E-state index contributed by atoms with van der Waals surface area (Å²) in [5.41, 5.74) is -3.70. The molecule has 3 aromatic rings. The quantitative estimate of drug-likeness (QED) is 0.102. The van der Waals surface area contributed by atoms with Gasteiger partial charge in [0.15, 0.2) is 31.0 Å². The van der Waals surface area contributed by atoms with Gasteiger partial charge >= 0.3 is 17.4 Å². The van der Waals surface area contributed by atoms with Gasteiger partial charge in [-0.25, -0.2) is 17.6 Å². The maximum Gasteiger partial charge on any atom is 0.427 e. The zero-order valence-corrected chi connectivity index (χ0v) is 22.6. The average Bonchev–Trinajstić information content (AvgIpc) is 2.90. The second-order valence-electron chi connectivity index (χ2n) is 8.64. The molecule has 0 aliphatic heterocycles. The zero-order chi connectivity index (χ0) is 30.6. The maximum absolute atomic E-state index is 13.6. The molecule has 0 radical (unpaired) electrons. The minimum absolute atomic E-state index is 0.143. The fraction of sp³-hybridized carbons (Fsp3) is 0.269. The van der Waals surface area contributed by atoms with Crippen molar-refractivity contribution in [2.24, 2.45) is 0 Å². The Morgan fingerprint density at radius 3 is 1.80 bits per heavy atom. The second kappa shape index (κ2) is 12.3. The molecular formula is C26H22F6O7S2. The van der Waals surface area contributed by atoms with E-state index in [4.69, 9.17) is 9.47 Å². The van der Waals surface area contributed by atoms with Gasteiger partial charge in [-0.3, -0.25) is 0 Å². The molecule has 15 heteroatoms. The Morgan fingerprint density at radius 2 is 1.34 bits per heavy atom. The maximum atomic E-state index is 13.6. The molecule has 3 atom stereocenters. The van der Waals surface area contributed by atoms with Crippen LogP contribution in [0.1, 0.15) is 13.3 Å². The Hall–Kier alpha value is -3.27. The van der Waals surface area contributed by atoms with Crippen molar-refractivity contribution in [1.82, 2.24) is 0 Å². The fourth-order valence-electron chi connectivity index (χ4n) is 3.21. The molecule has 222 valence electrons. The normalized spacial score (nSPS) is 15.4. The van der Waals surface area contributed by atoms with Crippen LogP contribution in [0.25, 0.3) is 0 Å². The summed E-state index contributed by atoms with van der Waals surface area (Å²) in [5.74, 6) is -1.98. The van der Waals surface area contributed by atoms with Gasteiger partial charge in [0.25, 0.3) is 5.60 Å². The van der Waals surface area contributed by atoms with Crippen molar-refractivity contribution in [3.63, 3.8) is 0 Å². The highest BCUT2D eigenvalue weighted by Crippen LogP contribution is 2.35. The number of carbonyl (C=O) groups excluding carboxylic acids is 1. The predicted molar refractivity (Wildman–Crippen MR) is 133 cm³/mol. The summed E-state index contributed by atoms with van der Waals surface area (Å²) in [6, 6.07) is 20.8. The van der Waals surface area contributed by atoms with Crippen LogP contribution in [0.5, 0.6) is 11.5 Å². The minimum Gasteiger partial charge on any atom is -0.743 e. The van der Waals surface area contributed by atoms with Crippen LogP contribution < -0.4 is 9.47 Å². The minimum atomic E-state index is -6.18. The molecule has 0 heterocycles. The molecule has 0 saturated carbocycles. The summed E-state index contributed by atoms with van der Waals surface area (Å²) in [6.07, 6.45) is -9.55. The number of esters is 1. The average molecular weight is 625 g/mol. The van der Waals surface area contributed by atoms with Crippen LogP contribution in [-0.4, -0.2) is 53.9 Å². The largest absolute Gasteiger partial charge is 0.743 e. The molecule has 3 rings (SSSR count). The van der Waals surface area contributed by atoms with Crippen molar-refractivity contribution < 1.29 is 58.7 Å². The van der Waals surface area contributed by atoms with Crippen molar-refractivity contribution in [2.45, 2.75) is 51.2 Å². The van der Waals surface area contributed by atoms with E-state index in [1.165, 1.54) is 36.4 Å². The molecule has 0 aliphatic carbocycles. The van der Waals surface area contributed by atoms with Crippen LogP contribution >= 0.6 is 0 Å². The van der Waals surface area contributed by atoms with Gasteiger partial charge < -0.3 is 19.1 Å². The van der Waals surface area contributed by atoms with E-state index in [1.54, 1.807) is 30.3 Å². The van der Waals surface area contributed by atoms with Gasteiger partial charge in [-0.1, -0.05) is 18.2 Å². The summed E-state index contributed by atoms with van der Waals surface area (Å²) in [7, 11) is -6.98. The van der Waals surface area contributed by atoms with Crippen molar-refractivity contribution >= 4 is 27.0 Å². The summed E-state index contributed by atoms with van der Waals surface area (Å²) in [4.78, 5) is 14.1. The Bertz CT molecular complexity index is 1430. The Balaban J connectivity index is 1.77. The second-order valence-corrected chi connectivity index (χ2v) is 12.1. The molecule has 0 aromatic heterocycles. The van der Waals surface area contributed by atoms with E-state index in [0.717, 1.165) is 4.90 Å². The van der Waals surface area contributed by atoms with Crippen LogP contribution in [0.2, 0.25) is 0 Å². The van der Waals surface area contributed by atoms with Gasteiger partial charge in [0, 0.05) is 6.42 Å². The molecule has 0 amide bonds. The van der Waals surface area contributed by atoms with Crippen LogP contribution in [0.4, 0.5) is 26.3 Å². The van der Waals surface area contributed by atoms with E-state index >= 15 is 0 Å². The Labute approximate surface area is 233 Å². The number of aliphatic hydroxyl groups is 1. The predicted octanol–water partition coefficient (Wildman–Crippen LogP) is 5.25. The van der Waals surface area contributed by atoms with Crippen LogP contribution in [0.3, 0.4) is 0 Å². The lowest BCUT2D eigenvalue weighted by molar-refractivity contribution is -0.252. The summed E-state index contributed by atoms with van der Waals surface area (Å²) < 4.78 is 121. The van der Waals surface area contributed by atoms with Crippen molar-refractivity contribution in [2.75, 3.05) is 6.61 Å². The summed E-state index contributed by atoms with van der Waals surface area (Å²) in [6.45, 7) is -0.358. The highest BCUT2D eigenvalue weighted by atomic mass is 32.2. The lowest BCUT2D eigenvalue weighted by atomic mass is 10.1. The zero-order valence-electron chi connectivity index (χ0n) is 21.0. The topological polar surface area (TPSA) is 113 Å². The van der Waals surface area contributed by atoms with Crippen LogP contribution in [0.15, 0.2) is 93.5 Å². The van der Waals surface area contributed by atoms with Crippen molar-refractivity contribution in [3.05, 3.63) is 78.9 Å². The molecule has 3 aromatic carbocycles.